The molecule has 29 heavy (non-hydrogen) atoms. The van der Waals surface area contributed by atoms with Gasteiger partial charge in [-0.2, -0.15) is 0 Å². The number of hydrogen-bond donors (Lipinski definition) is 2. The van der Waals surface area contributed by atoms with Gasteiger partial charge in [-0.25, -0.2) is 0 Å². The molecule has 0 bridgehead atoms. The largest absolute Gasteiger partial charge is 0.494 e. The molecule has 0 aliphatic carbocycles. The van der Waals surface area contributed by atoms with Crippen molar-refractivity contribution in [2.24, 2.45) is 0 Å². The normalized spacial score (nSPS) is 11.9. The Balaban J connectivity index is 2.03. The molecule has 0 unspecified atom stereocenters. The zero-order chi connectivity index (χ0) is 20.6. The minimum absolute atomic E-state index is 0.0122. The van der Waals surface area contributed by atoms with Gasteiger partial charge >= 0.3 is 7.60 Å². The summed E-state index contributed by atoms with van der Waals surface area (Å²) in [4.78, 5) is 19.2. The standard InChI is InChI=1S/C22H22NO5P/c1-3-27-16-8-10-21-19(13-16)20-14-17(28-4-2)9-11-22(20)23(21)15-6-5-7-18(12-15)29(24,25)26/h5-14H,3-4H2,1-2H3,(H2,24,25,26). The van der Waals surface area contributed by atoms with Crippen LogP contribution in [0.15, 0.2) is 60.7 Å². The second-order valence-electron chi connectivity index (χ2n) is 6.62. The molecule has 0 amide bonds. The molecule has 0 spiro atoms. The zero-order valence-electron chi connectivity index (χ0n) is 16.2. The Morgan fingerprint density at radius 2 is 1.38 bits per heavy atom. The number of ether oxygens (including phenoxy) is 2. The first-order chi connectivity index (χ1) is 13.9. The Kier molecular flexibility index (Phi) is 5.09. The summed E-state index contributed by atoms with van der Waals surface area (Å²) in [5.74, 6) is 1.54. The molecule has 6 nitrogen and oxygen atoms in total. The number of benzene rings is 3. The summed E-state index contributed by atoms with van der Waals surface area (Å²) in [7, 11) is -4.35. The minimum atomic E-state index is -4.35. The van der Waals surface area contributed by atoms with Gasteiger partial charge in [0.05, 0.1) is 29.6 Å². The first-order valence-electron chi connectivity index (χ1n) is 9.42. The molecule has 0 fully saturated rings. The summed E-state index contributed by atoms with van der Waals surface area (Å²) in [6.45, 7) is 5.01. The lowest BCUT2D eigenvalue weighted by molar-refractivity contribution is 0.340. The zero-order valence-corrected chi connectivity index (χ0v) is 17.1. The molecule has 7 heteroatoms. The van der Waals surface area contributed by atoms with Gasteiger partial charge in [0.2, 0.25) is 0 Å². The molecular weight excluding hydrogens is 389 g/mol. The average Bonchev–Trinajstić information content (AvgIpc) is 3.01. The molecule has 0 saturated carbocycles. The monoisotopic (exact) mass is 411 g/mol. The number of rotatable bonds is 6. The van der Waals surface area contributed by atoms with E-state index in [1.165, 1.54) is 12.1 Å². The lowest BCUT2D eigenvalue weighted by atomic mass is 10.1. The molecule has 0 aliphatic rings. The van der Waals surface area contributed by atoms with Gasteiger partial charge in [-0.05, 0) is 68.4 Å². The van der Waals surface area contributed by atoms with Crippen LogP contribution in [0.5, 0.6) is 11.5 Å². The molecule has 2 N–H and O–H groups in total. The highest BCUT2D eigenvalue weighted by Crippen LogP contribution is 2.38. The van der Waals surface area contributed by atoms with Crippen LogP contribution in [-0.4, -0.2) is 27.6 Å². The molecule has 1 heterocycles. The van der Waals surface area contributed by atoms with Crippen molar-refractivity contribution in [2.75, 3.05) is 13.2 Å². The lowest BCUT2D eigenvalue weighted by Crippen LogP contribution is -2.06. The summed E-state index contributed by atoms with van der Waals surface area (Å²) in [5.41, 5.74) is 2.51. The van der Waals surface area contributed by atoms with Crippen LogP contribution in [0.3, 0.4) is 0 Å². The number of fused-ring (bicyclic) bond motifs is 3. The Hall–Kier alpha value is -2.79. The SMILES string of the molecule is CCOc1ccc2c(c1)c1cc(OCC)ccc1n2-c1cccc(P(=O)(O)O)c1. The Morgan fingerprint density at radius 1 is 0.828 bits per heavy atom. The highest BCUT2D eigenvalue weighted by atomic mass is 31.2. The van der Waals surface area contributed by atoms with Gasteiger partial charge in [-0.3, -0.25) is 4.57 Å². The smallest absolute Gasteiger partial charge is 0.356 e. The minimum Gasteiger partial charge on any atom is -0.494 e. The fourth-order valence-corrected chi connectivity index (χ4v) is 4.17. The second kappa shape index (κ2) is 7.56. The van der Waals surface area contributed by atoms with Gasteiger partial charge < -0.3 is 23.8 Å². The highest BCUT2D eigenvalue weighted by molar-refractivity contribution is 7.60. The van der Waals surface area contributed by atoms with Crippen molar-refractivity contribution in [3.8, 4) is 17.2 Å². The first kappa shape index (κ1) is 19.5. The highest BCUT2D eigenvalue weighted by Gasteiger charge is 2.19. The average molecular weight is 411 g/mol. The fraction of sp³-hybridized carbons (Fsp3) is 0.182. The maximum atomic E-state index is 11.8. The van der Waals surface area contributed by atoms with Crippen molar-refractivity contribution in [3.05, 3.63) is 60.7 Å². The van der Waals surface area contributed by atoms with E-state index in [1.54, 1.807) is 6.07 Å². The van der Waals surface area contributed by atoms with Gasteiger partial charge in [0.15, 0.2) is 0 Å². The van der Waals surface area contributed by atoms with Crippen LogP contribution in [0, 0.1) is 0 Å². The predicted octanol–water partition coefficient (Wildman–Crippen LogP) is 4.38. The summed E-state index contributed by atoms with van der Waals surface area (Å²) < 4.78 is 25.1. The number of hydrogen-bond acceptors (Lipinski definition) is 3. The summed E-state index contributed by atoms with van der Waals surface area (Å²) >= 11 is 0. The first-order valence-corrected chi connectivity index (χ1v) is 11.0. The quantitative estimate of drug-likeness (QED) is 0.460. The summed E-state index contributed by atoms with van der Waals surface area (Å²) in [5, 5.41) is 1.95. The molecular formula is C22H22NO5P. The third kappa shape index (κ3) is 3.62. The van der Waals surface area contributed by atoms with Crippen molar-refractivity contribution in [1.29, 1.82) is 0 Å². The Labute approximate surface area is 168 Å². The number of nitrogens with zero attached hydrogens (tertiary/aromatic N) is 1. The van der Waals surface area contributed by atoms with Crippen LogP contribution >= 0.6 is 7.60 Å². The van der Waals surface area contributed by atoms with E-state index in [9.17, 15) is 14.4 Å². The summed E-state index contributed by atoms with van der Waals surface area (Å²) in [6.07, 6.45) is 0. The van der Waals surface area contributed by atoms with E-state index >= 15 is 0 Å². The molecule has 0 radical (unpaired) electrons. The van der Waals surface area contributed by atoms with Crippen LogP contribution in [0.2, 0.25) is 0 Å². The topological polar surface area (TPSA) is 80.9 Å². The maximum Gasteiger partial charge on any atom is 0.356 e. The lowest BCUT2D eigenvalue weighted by Gasteiger charge is -2.11. The van der Waals surface area contributed by atoms with Crippen molar-refractivity contribution in [2.45, 2.75) is 13.8 Å². The third-order valence-electron chi connectivity index (χ3n) is 4.75. The van der Waals surface area contributed by atoms with Gasteiger partial charge in [-0.15, -0.1) is 0 Å². The molecule has 3 aromatic carbocycles. The van der Waals surface area contributed by atoms with Gasteiger partial charge in [0, 0.05) is 16.5 Å². The number of aromatic nitrogens is 1. The van der Waals surface area contributed by atoms with Crippen LogP contribution in [0.25, 0.3) is 27.5 Å². The Bertz CT molecular complexity index is 1180. The van der Waals surface area contributed by atoms with E-state index in [1.807, 2.05) is 60.9 Å². The van der Waals surface area contributed by atoms with Crippen molar-refractivity contribution >= 4 is 34.7 Å². The third-order valence-corrected chi connectivity index (χ3v) is 5.71. The van der Waals surface area contributed by atoms with Crippen LogP contribution in [0.1, 0.15) is 13.8 Å². The molecule has 4 aromatic rings. The predicted molar refractivity (Wildman–Crippen MR) is 115 cm³/mol. The van der Waals surface area contributed by atoms with Crippen LogP contribution < -0.4 is 14.8 Å². The van der Waals surface area contributed by atoms with Gasteiger partial charge in [0.1, 0.15) is 11.5 Å². The summed E-state index contributed by atoms with van der Waals surface area (Å²) in [6, 6.07) is 18.2. The Morgan fingerprint density at radius 3 is 1.86 bits per heavy atom. The van der Waals surface area contributed by atoms with E-state index in [4.69, 9.17) is 9.47 Å². The van der Waals surface area contributed by atoms with Gasteiger partial charge in [0.25, 0.3) is 0 Å². The van der Waals surface area contributed by atoms with Crippen LogP contribution in [0.4, 0.5) is 0 Å². The van der Waals surface area contributed by atoms with E-state index < -0.39 is 7.60 Å². The fourth-order valence-electron chi connectivity index (χ4n) is 3.59. The second-order valence-corrected chi connectivity index (χ2v) is 8.23. The van der Waals surface area contributed by atoms with E-state index in [0.29, 0.717) is 18.9 Å². The van der Waals surface area contributed by atoms with E-state index in [2.05, 4.69) is 0 Å². The van der Waals surface area contributed by atoms with E-state index in [0.717, 1.165) is 33.3 Å². The molecule has 0 aliphatic heterocycles. The van der Waals surface area contributed by atoms with Crippen molar-refractivity contribution < 1.29 is 23.8 Å². The van der Waals surface area contributed by atoms with Crippen molar-refractivity contribution in [3.63, 3.8) is 0 Å². The van der Waals surface area contributed by atoms with Crippen LogP contribution in [-0.2, 0) is 4.57 Å². The maximum absolute atomic E-state index is 11.8. The van der Waals surface area contributed by atoms with Crippen molar-refractivity contribution in [1.82, 2.24) is 4.57 Å². The molecule has 0 saturated heterocycles. The molecule has 4 rings (SSSR count). The molecule has 1 aromatic heterocycles. The van der Waals surface area contributed by atoms with Gasteiger partial charge in [-0.1, -0.05) is 6.07 Å². The molecule has 150 valence electrons. The molecule has 0 atom stereocenters. The van der Waals surface area contributed by atoms with E-state index in [-0.39, 0.29) is 5.30 Å².